The van der Waals surface area contributed by atoms with E-state index in [9.17, 15) is 26.4 Å². The van der Waals surface area contributed by atoms with E-state index >= 15 is 0 Å². The SMILES string of the molecule is C.C.C=C(C)C(=O)CCCOCCn1cc(CN2CCS(=O)(=O)CC2)nn1.C=C(C)C(=O)Cl.NCCOCCn1cc(CN2CCS(=O)(=O)CC2)nn1. The van der Waals surface area contributed by atoms with Crippen LogP contribution in [-0.4, -0.2) is 150 Å². The summed E-state index contributed by atoms with van der Waals surface area (Å²) in [7, 11) is -5.69. The first kappa shape index (κ1) is 50.1. The van der Waals surface area contributed by atoms with Gasteiger partial charge in [-0.2, -0.15) is 0 Å². The lowest BCUT2D eigenvalue weighted by Crippen LogP contribution is -2.39. The van der Waals surface area contributed by atoms with Gasteiger partial charge in [-0.3, -0.25) is 19.4 Å². The van der Waals surface area contributed by atoms with Gasteiger partial charge < -0.3 is 15.2 Å². The minimum Gasteiger partial charge on any atom is -0.380 e. The number of nitrogens with two attached hydrogens (primary N) is 1. The molecule has 0 radical (unpaired) electrons. The van der Waals surface area contributed by atoms with Gasteiger partial charge in [-0.15, -0.1) is 10.2 Å². The van der Waals surface area contributed by atoms with Crippen molar-refractivity contribution < 1.29 is 35.9 Å². The third kappa shape index (κ3) is 22.2. The number of ether oxygens (including phenoxy) is 2. The molecule has 0 atom stereocenters. The molecule has 304 valence electrons. The second-order valence-electron chi connectivity index (χ2n) is 12.2. The fraction of sp³-hybridized carbons (Fsp3) is 0.697. The third-order valence-electron chi connectivity index (χ3n) is 7.51. The molecule has 4 rings (SSSR count). The normalized spacial score (nSPS) is 16.4. The average Bonchev–Trinajstić information content (AvgIpc) is 3.72. The van der Waals surface area contributed by atoms with E-state index in [0.29, 0.717) is 109 Å². The van der Waals surface area contributed by atoms with Gasteiger partial charge in [0.15, 0.2) is 25.5 Å². The highest BCUT2D eigenvalue weighted by atomic mass is 35.5. The van der Waals surface area contributed by atoms with Gasteiger partial charge in [0.05, 0.1) is 67.3 Å². The Bertz CT molecular complexity index is 1590. The fourth-order valence-electron chi connectivity index (χ4n) is 4.47. The molecule has 0 aliphatic carbocycles. The Morgan fingerprint density at radius 3 is 1.51 bits per heavy atom. The molecule has 0 spiro atoms. The molecule has 17 nitrogen and oxygen atoms in total. The Hall–Kier alpha value is -2.91. The maximum Gasteiger partial charge on any atom is 0.247 e. The maximum absolute atomic E-state index is 11.4. The van der Waals surface area contributed by atoms with E-state index in [0.717, 1.165) is 11.4 Å². The quantitative estimate of drug-likeness (QED) is 0.128. The maximum atomic E-state index is 11.4. The number of rotatable bonds is 18. The molecule has 2 aromatic rings. The number of carbonyl (C=O) groups is 2. The molecule has 2 fully saturated rings. The topological polar surface area (TPSA) is 215 Å². The van der Waals surface area contributed by atoms with Crippen molar-refractivity contribution in [3.8, 4) is 0 Å². The average molecular weight is 810 g/mol. The highest BCUT2D eigenvalue weighted by Crippen LogP contribution is 2.09. The molecule has 53 heavy (non-hydrogen) atoms. The molecule has 0 aromatic carbocycles. The lowest BCUT2D eigenvalue weighted by atomic mass is 10.1. The van der Waals surface area contributed by atoms with Crippen LogP contribution in [0.25, 0.3) is 0 Å². The Labute approximate surface area is 320 Å². The van der Waals surface area contributed by atoms with Crippen molar-refractivity contribution in [3.63, 3.8) is 0 Å². The van der Waals surface area contributed by atoms with Crippen molar-refractivity contribution in [2.45, 2.75) is 67.7 Å². The van der Waals surface area contributed by atoms with Crippen LogP contribution in [0.2, 0.25) is 0 Å². The van der Waals surface area contributed by atoms with Gasteiger partial charge in [0.2, 0.25) is 5.24 Å². The molecule has 2 aliphatic heterocycles. The third-order valence-corrected chi connectivity index (χ3v) is 11.1. The molecule has 0 bridgehead atoms. The van der Waals surface area contributed by atoms with Gasteiger partial charge >= 0.3 is 0 Å². The number of sulfone groups is 2. The molecule has 20 heteroatoms. The van der Waals surface area contributed by atoms with Gasteiger partial charge in [-0.05, 0) is 37.4 Å². The van der Waals surface area contributed by atoms with E-state index in [1.807, 2.05) is 12.4 Å². The summed E-state index contributed by atoms with van der Waals surface area (Å²) in [6.07, 6.45) is 4.88. The zero-order chi connectivity index (χ0) is 37.9. The predicted octanol–water partition coefficient (Wildman–Crippen LogP) is 1.53. The van der Waals surface area contributed by atoms with E-state index in [2.05, 4.69) is 43.6 Å². The molecular weight excluding hydrogens is 750 g/mol. The number of carbonyl (C=O) groups excluding carboxylic acids is 2. The molecule has 2 N–H and O–H groups in total. The van der Waals surface area contributed by atoms with Crippen molar-refractivity contribution in [3.05, 3.63) is 48.1 Å². The van der Waals surface area contributed by atoms with Gasteiger partial charge in [-0.1, -0.05) is 38.4 Å². The number of halogens is 1. The van der Waals surface area contributed by atoms with Crippen LogP contribution < -0.4 is 5.73 Å². The zero-order valence-electron chi connectivity index (χ0n) is 29.6. The van der Waals surface area contributed by atoms with Gasteiger partial charge in [0, 0.05) is 76.8 Å². The highest BCUT2D eigenvalue weighted by Gasteiger charge is 2.23. The van der Waals surface area contributed by atoms with E-state index < -0.39 is 24.9 Å². The van der Waals surface area contributed by atoms with Crippen LogP contribution in [0, 0.1) is 0 Å². The zero-order valence-corrected chi connectivity index (χ0v) is 32.0. The van der Waals surface area contributed by atoms with Crippen molar-refractivity contribution in [1.82, 2.24) is 39.8 Å². The van der Waals surface area contributed by atoms with Crippen molar-refractivity contribution in [2.24, 2.45) is 5.73 Å². The lowest BCUT2D eigenvalue weighted by molar-refractivity contribution is -0.115. The number of hydrogen-bond donors (Lipinski definition) is 1. The fourth-order valence-corrected chi connectivity index (χ4v) is 7.02. The standard InChI is InChI=1S/C16H26N4O4S.C11H21N5O3S.C4H5ClO.2CH4/c1-14(2)16(21)4-3-8-24-9-5-20-13-15(17-18-20)12-19-6-10-25(22,23)11-7-19;12-1-5-19-6-2-16-10-11(13-14-16)9-15-3-7-20(17,18)8-4-15;1-3(2)4(5)6;;/h13H,1,3-12H2,2H3;10H,1-9,12H2;1H2,2H3;2*1H4. The molecule has 2 aromatic heterocycles. The molecular formula is C33H60ClN9O8S2. The van der Waals surface area contributed by atoms with Gasteiger partial charge in [0.25, 0.3) is 0 Å². The van der Waals surface area contributed by atoms with Crippen LogP contribution in [0.1, 0.15) is 52.9 Å². The molecule has 0 amide bonds. The number of aromatic nitrogens is 6. The van der Waals surface area contributed by atoms with E-state index in [4.69, 9.17) is 26.8 Å². The first-order valence-electron chi connectivity index (χ1n) is 16.6. The van der Waals surface area contributed by atoms with E-state index in [-0.39, 0.29) is 43.6 Å². The number of Topliss-reactive ketones (excluding diaryl/α,β-unsaturated/α-hetero) is 1. The summed E-state index contributed by atoms with van der Waals surface area (Å²) < 4.78 is 59.8. The van der Waals surface area contributed by atoms with Crippen LogP contribution in [0.5, 0.6) is 0 Å². The van der Waals surface area contributed by atoms with Gasteiger partial charge in [-0.25, -0.2) is 26.2 Å². The molecule has 0 unspecified atom stereocenters. The smallest absolute Gasteiger partial charge is 0.247 e. The van der Waals surface area contributed by atoms with Crippen LogP contribution in [0.15, 0.2) is 36.7 Å². The highest BCUT2D eigenvalue weighted by molar-refractivity contribution is 7.91. The minimum atomic E-state index is -2.86. The second kappa shape index (κ2) is 26.0. The second-order valence-corrected chi connectivity index (χ2v) is 17.1. The van der Waals surface area contributed by atoms with E-state index in [1.165, 1.54) is 0 Å². The van der Waals surface area contributed by atoms with Crippen LogP contribution >= 0.6 is 11.6 Å². The molecule has 2 saturated heterocycles. The Morgan fingerprint density at radius 1 is 0.755 bits per heavy atom. The van der Waals surface area contributed by atoms with Gasteiger partial charge in [0.1, 0.15) is 0 Å². The van der Waals surface area contributed by atoms with Crippen LogP contribution in [0.4, 0.5) is 0 Å². The molecule has 0 saturated carbocycles. The van der Waals surface area contributed by atoms with Crippen molar-refractivity contribution in [1.29, 1.82) is 0 Å². The molecule has 4 heterocycles. The largest absolute Gasteiger partial charge is 0.380 e. The van der Waals surface area contributed by atoms with Crippen LogP contribution in [0.3, 0.4) is 0 Å². The minimum absolute atomic E-state index is 0. The summed E-state index contributed by atoms with van der Waals surface area (Å²) in [5.74, 6) is 0.962. The van der Waals surface area contributed by atoms with Crippen LogP contribution in [-0.2, 0) is 64.9 Å². The molecule has 2 aliphatic rings. The summed E-state index contributed by atoms with van der Waals surface area (Å²) >= 11 is 4.87. The summed E-state index contributed by atoms with van der Waals surface area (Å²) in [4.78, 5) is 25.4. The Kier molecular flexibility index (Phi) is 24.6. The summed E-state index contributed by atoms with van der Waals surface area (Å²) in [5.41, 5.74) is 7.97. The van der Waals surface area contributed by atoms with E-state index in [1.54, 1.807) is 23.2 Å². The Balaban J connectivity index is 0.000000869. The Morgan fingerprint density at radius 2 is 1.15 bits per heavy atom. The number of ketones is 1. The number of hydrogen-bond acceptors (Lipinski definition) is 15. The monoisotopic (exact) mass is 809 g/mol. The summed E-state index contributed by atoms with van der Waals surface area (Å²) in [5, 5.41) is 15.8. The first-order chi connectivity index (χ1) is 24.1. The van der Waals surface area contributed by atoms with Crippen molar-refractivity contribution in [2.75, 3.05) is 82.2 Å². The summed E-state index contributed by atoms with van der Waals surface area (Å²) in [6, 6.07) is 0. The predicted molar refractivity (Wildman–Crippen MR) is 207 cm³/mol. The number of nitrogens with zero attached hydrogens (tertiary/aromatic N) is 8. The number of allylic oxidation sites excluding steroid dienone is 2. The lowest BCUT2D eigenvalue weighted by Gasteiger charge is -2.25. The first-order valence-corrected chi connectivity index (χ1v) is 20.6. The van der Waals surface area contributed by atoms with Crippen molar-refractivity contribution >= 4 is 42.3 Å². The summed E-state index contributed by atoms with van der Waals surface area (Å²) in [6.45, 7) is 17.5.